The van der Waals surface area contributed by atoms with Crippen LogP contribution in [0.15, 0.2) is 78.9 Å². The van der Waals surface area contributed by atoms with Crippen LogP contribution in [0.5, 0.6) is 11.5 Å². The molecule has 26 heavy (non-hydrogen) atoms. The van der Waals surface area contributed by atoms with Gasteiger partial charge in [0.2, 0.25) is 0 Å². The Morgan fingerprint density at radius 2 is 1.19 bits per heavy atom. The number of para-hydroxylation sites is 1. The summed E-state index contributed by atoms with van der Waals surface area (Å²) < 4.78 is 11.2. The first-order chi connectivity index (χ1) is 12.8. The lowest BCUT2D eigenvalue weighted by Crippen LogP contribution is -2.33. The molecule has 3 aromatic carbocycles. The minimum atomic E-state index is -1.02. The van der Waals surface area contributed by atoms with Gasteiger partial charge in [0.05, 0.1) is 21.3 Å². The zero-order valence-electron chi connectivity index (χ0n) is 15.1. The standard InChI is InChI=1S/C22H22O4/c1-23-20-16-10-15-19(21(20)24-2)22(26-25-3,17-11-6-4-7-12-17)18-13-8-5-9-14-18/h4-16H,1-3H3. The molecule has 0 bridgehead atoms. The molecule has 3 aromatic rings. The fourth-order valence-corrected chi connectivity index (χ4v) is 3.25. The number of hydrogen-bond acceptors (Lipinski definition) is 4. The normalized spacial score (nSPS) is 11.2. The van der Waals surface area contributed by atoms with Gasteiger partial charge in [-0.3, -0.25) is 0 Å². The summed E-state index contributed by atoms with van der Waals surface area (Å²) in [7, 11) is 4.74. The van der Waals surface area contributed by atoms with E-state index in [4.69, 9.17) is 19.2 Å². The van der Waals surface area contributed by atoms with Crippen molar-refractivity contribution in [2.75, 3.05) is 21.3 Å². The molecule has 134 valence electrons. The van der Waals surface area contributed by atoms with Gasteiger partial charge in [0, 0.05) is 5.56 Å². The van der Waals surface area contributed by atoms with Gasteiger partial charge in [0.15, 0.2) is 17.1 Å². The number of ether oxygens (including phenoxy) is 2. The fourth-order valence-electron chi connectivity index (χ4n) is 3.25. The van der Waals surface area contributed by atoms with E-state index in [-0.39, 0.29) is 0 Å². The molecule has 0 atom stereocenters. The average molecular weight is 350 g/mol. The van der Waals surface area contributed by atoms with Crippen molar-refractivity contribution >= 4 is 0 Å². The Bertz CT molecular complexity index is 792. The number of rotatable bonds is 7. The maximum Gasteiger partial charge on any atom is 0.182 e. The molecule has 0 N–H and O–H groups in total. The minimum absolute atomic E-state index is 0.597. The van der Waals surface area contributed by atoms with Gasteiger partial charge in [-0.1, -0.05) is 72.8 Å². The Labute approximate surface area is 153 Å². The first-order valence-corrected chi connectivity index (χ1v) is 8.32. The van der Waals surface area contributed by atoms with Gasteiger partial charge in [0.25, 0.3) is 0 Å². The maximum atomic E-state index is 5.99. The lowest BCUT2D eigenvalue weighted by molar-refractivity contribution is -0.326. The average Bonchev–Trinajstić information content (AvgIpc) is 2.72. The van der Waals surface area contributed by atoms with Crippen LogP contribution in [0.1, 0.15) is 16.7 Å². The monoisotopic (exact) mass is 350 g/mol. The van der Waals surface area contributed by atoms with E-state index in [2.05, 4.69) is 0 Å². The highest BCUT2D eigenvalue weighted by Crippen LogP contribution is 2.47. The van der Waals surface area contributed by atoms with Crippen LogP contribution in [0.25, 0.3) is 0 Å². The van der Waals surface area contributed by atoms with E-state index in [1.54, 1.807) is 14.2 Å². The van der Waals surface area contributed by atoms with Crippen molar-refractivity contribution in [2.24, 2.45) is 0 Å². The first-order valence-electron chi connectivity index (χ1n) is 8.32. The molecular formula is C22H22O4. The van der Waals surface area contributed by atoms with E-state index in [0.29, 0.717) is 11.5 Å². The smallest absolute Gasteiger partial charge is 0.182 e. The predicted molar refractivity (Wildman–Crippen MR) is 100 cm³/mol. The van der Waals surface area contributed by atoms with Gasteiger partial charge < -0.3 is 9.47 Å². The third kappa shape index (κ3) is 3.05. The molecular weight excluding hydrogens is 328 g/mol. The lowest BCUT2D eigenvalue weighted by Gasteiger charge is -2.34. The molecule has 3 rings (SSSR count). The SMILES string of the molecule is COOC(c1ccccc1)(c1ccccc1)c1cccc(OC)c1OC. The van der Waals surface area contributed by atoms with Crippen LogP contribution in [0.2, 0.25) is 0 Å². The van der Waals surface area contributed by atoms with Crippen LogP contribution >= 0.6 is 0 Å². The topological polar surface area (TPSA) is 36.9 Å². The van der Waals surface area contributed by atoms with Crippen molar-refractivity contribution < 1.29 is 19.2 Å². The number of benzene rings is 3. The van der Waals surface area contributed by atoms with Crippen LogP contribution in [0.3, 0.4) is 0 Å². The summed E-state index contributed by atoms with van der Waals surface area (Å²) in [5, 5.41) is 0. The highest BCUT2D eigenvalue weighted by molar-refractivity contribution is 5.57. The van der Waals surface area contributed by atoms with Crippen molar-refractivity contribution in [3.8, 4) is 11.5 Å². The molecule has 4 heteroatoms. The van der Waals surface area contributed by atoms with Crippen molar-refractivity contribution in [3.05, 3.63) is 95.6 Å². The van der Waals surface area contributed by atoms with Crippen molar-refractivity contribution in [1.29, 1.82) is 0 Å². The molecule has 0 spiro atoms. The minimum Gasteiger partial charge on any atom is -0.493 e. The molecule has 0 amide bonds. The van der Waals surface area contributed by atoms with E-state index in [1.807, 2.05) is 78.9 Å². The predicted octanol–water partition coefficient (Wildman–Crippen LogP) is 4.57. The second-order valence-electron chi connectivity index (χ2n) is 5.70. The van der Waals surface area contributed by atoms with Crippen LogP contribution in [0.4, 0.5) is 0 Å². The maximum absolute atomic E-state index is 5.99. The van der Waals surface area contributed by atoms with Crippen molar-refractivity contribution in [3.63, 3.8) is 0 Å². The van der Waals surface area contributed by atoms with Crippen molar-refractivity contribution in [1.82, 2.24) is 0 Å². The molecule has 0 heterocycles. The second kappa shape index (κ2) is 8.04. The molecule has 0 aliphatic carbocycles. The van der Waals surface area contributed by atoms with E-state index < -0.39 is 5.60 Å². The molecule has 0 saturated carbocycles. The molecule has 0 radical (unpaired) electrons. The summed E-state index contributed by atoms with van der Waals surface area (Å²) in [6.45, 7) is 0. The molecule has 0 saturated heterocycles. The lowest BCUT2D eigenvalue weighted by atomic mass is 9.79. The summed E-state index contributed by atoms with van der Waals surface area (Å²) in [6, 6.07) is 25.6. The second-order valence-corrected chi connectivity index (χ2v) is 5.70. The van der Waals surface area contributed by atoms with Gasteiger partial charge in [-0.05, 0) is 17.2 Å². The third-order valence-electron chi connectivity index (χ3n) is 4.35. The number of hydrogen-bond donors (Lipinski definition) is 0. The van der Waals surface area contributed by atoms with Crippen LogP contribution in [-0.4, -0.2) is 21.3 Å². The quantitative estimate of drug-likeness (QED) is 0.355. The Balaban J connectivity index is 2.39. The van der Waals surface area contributed by atoms with E-state index in [1.165, 1.54) is 7.11 Å². The molecule has 0 aliphatic rings. The largest absolute Gasteiger partial charge is 0.493 e. The third-order valence-corrected chi connectivity index (χ3v) is 4.35. The van der Waals surface area contributed by atoms with E-state index in [9.17, 15) is 0 Å². The molecule has 0 unspecified atom stereocenters. The molecule has 4 nitrogen and oxygen atoms in total. The molecule has 0 fully saturated rings. The van der Waals surface area contributed by atoms with E-state index >= 15 is 0 Å². The Morgan fingerprint density at radius 1 is 0.615 bits per heavy atom. The summed E-state index contributed by atoms with van der Waals surface area (Å²) in [5.74, 6) is 1.22. The number of methoxy groups -OCH3 is 2. The summed E-state index contributed by atoms with van der Waals surface area (Å²) in [4.78, 5) is 11.2. The highest BCUT2D eigenvalue weighted by Gasteiger charge is 2.42. The zero-order chi connectivity index (χ0) is 18.4. The summed E-state index contributed by atoms with van der Waals surface area (Å²) in [5.41, 5.74) is 1.61. The fraction of sp³-hybridized carbons (Fsp3) is 0.182. The Kier molecular flexibility index (Phi) is 5.56. The van der Waals surface area contributed by atoms with Gasteiger partial charge in [-0.15, -0.1) is 0 Å². The highest BCUT2D eigenvalue weighted by atomic mass is 17.2. The van der Waals surface area contributed by atoms with Gasteiger partial charge in [0.1, 0.15) is 0 Å². The van der Waals surface area contributed by atoms with Gasteiger partial charge in [-0.2, -0.15) is 0 Å². The first kappa shape index (κ1) is 18.0. The van der Waals surface area contributed by atoms with Gasteiger partial charge >= 0.3 is 0 Å². The van der Waals surface area contributed by atoms with Gasteiger partial charge in [-0.25, -0.2) is 9.78 Å². The van der Waals surface area contributed by atoms with Crippen LogP contribution in [-0.2, 0) is 15.4 Å². The summed E-state index contributed by atoms with van der Waals surface area (Å²) in [6.07, 6.45) is 0. The van der Waals surface area contributed by atoms with Crippen molar-refractivity contribution in [2.45, 2.75) is 5.60 Å². The molecule has 0 aromatic heterocycles. The van der Waals surface area contributed by atoms with Crippen LogP contribution < -0.4 is 9.47 Å². The van der Waals surface area contributed by atoms with E-state index in [0.717, 1.165) is 16.7 Å². The zero-order valence-corrected chi connectivity index (χ0v) is 15.1. The summed E-state index contributed by atoms with van der Waals surface area (Å²) >= 11 is 0. The Morgan fingerprint density at radius 3 is 1.65 bits per heavy atom. The molecule has 0 aliphatic heterocycles. The Hall–Kier alpha value is -2.82. The van der Waals surface area contributed by atoms with Crippen LogP contribution in [0, 0.1) is 0 Å².